The molecule has 3 heterocycles. The number of halogens is 3. The molecule has 1 saturated heterocycles. The van der Waals surface area contributed by atoms with Crippen molar-refractivity contribution in [3.05, 3.63) is 70.8 Å². The summed E-state index contributed by atoms with van der Waals surface area (Å²) < 4.78 is 50.5. The zero-order chi connectivity index (χ0) is 26.8. The zero-order valence-electron chi connectivity index (χ0n) is 20.7. The Morgan fingerprint density at radius 3 is 2.68 bits per heavy atom. The van der Waals surface area contributed by atoms with Crippen LogP contribution in [0, 0.1) is 12.8 Å². The molecule has 0 spiro atoms. The number of aliphatic imine (C=N–C) groups is 1. The van der Waals surface area contributed by atoms with Crippen LogP contribution in [-0.4, -0.2) is 60.8 Å². The molecule has 1 fully saturated rings. The van der Waals surface area contributed by atoms with E-state index < -0.39 is 23.2 Å². The normalized spacial score (nSPS) is 20.9. The summed E-state index contributed by atoms with van der Waals surface area (Å²) in [5.41, 5.74) is 1.03. The first-order chi connectivity index (χ1) is 17.6. The Bertz CT molecular complexity index is 1220. The minimum atomic E-state index is -4.55. The second-order valence-corrected chi connectivity index (χ2v) is 9.14. The summed E-state index contributed by atoms with van der Waals surface area (Å²) in [6, 6.07) is 6.03. The van der Waals surface area contributed by atoms with Gasteiger partial charge in [0.2, 0.25) is 0 Å². The van der Waals surface area contributed by atoms with Gasteiger partial charge in [-0.15, -0.1) is 0 Å². The number of hydrogen-bond donors (Lipinski definition) is 3. The lowest BCUT2D eigenvalue weighted by Crippen LogP contribution is -2.60. The summed E-state index contributed by atoms with van der Waals surface area (Å²) in [6.45, 7) is 4.85. The van der Waals surface area contributed by atoms with E-state index in [-0.39, 0.29) is 24.0 Å². The maximum atomic E-state index is 13.1. The quantitative estimate of drug-likeness (QED) is 0.493. The van der Waals surface area contributed by atoms with Crippen LogP contribution in [0.2, 0.25) is 0 Å². The van der Waals surface area contributed by atoms with E-state index in [4.69, 9.17) is 14.5 Å². The molecule has 0 bridgehead atoms. The number of nitrogens with zero attached hydrogens (tertiary/aromatic N) is 2. The standard InChI is InChI=1S/C26H29F3N4O4/c1-15-20(11-22(30-7-8-34)33-23(15)25(36-3)13-37-14-25)21-10-19(12-31-16(21)2)32-24(35)17-5-4-6-18(9-17)26(27,28)29/h4-6,9-12,15,20,30,34H,7-8,13-14H2,1-3H3,(H,32,35). The number of rotatable bonds is 8. The van der Waals surface area contributed by atoms with E-state index in [1.165, 1.54) is 18.3 Å². The maximum Gasteiger partial charge on any atom is 0.416 e. The van der Waals surface area contributed by atoms with Crippen LogP contribution in [0.3, 0.4) is 0 Å². The highest BCUT2D eigenvalue weighted by Gasteiger charge is 2.48. The monoisotopic (exact) mass is 518 g/mol. The van der Waals surface area contributed by atoms with Gasteiger partial charge in [0.1, 0.15) is 5.82 Å². The van der Waals surface area contributed by atoms with Crippen molar-refractivity contribution in [3.8, 4) is 0 Å². The summed E-state index contributed by atoms with van der Waals surface area (Å²) in [5, 5.41) is 15.1. The van der Waals surface area contributed by atoms with Crippen LogP contribution >= 0.6 is 0 Å². The predicted molar refractivity (Wildman–Crippen MR) is 131 cm³/mol. The molecule has 2 aromatic rings. The number of nitrogens with one attached hydrogen (secondary N) is 2. The summed E-state index contributed by atoms with van der Waals surface area (Å²) in [6.07, 6.45) is -1.14. The van der Waals surface area contributed by atoms with E-state index in [0.29, 0.717) is 31.3 Å². The number of pyridine rings is 1. The highest BCUT2D eigenvalue weighted by molar-refractivity contribution is 6.04. The number of carbonyl (C=O) groups is 1. The second kappa shape index (κ2) is 10.6. The summed E-state index contributed by atoms with van der Waals surface area (Å²) in [4.78, 5) is 22.0. The molecule has 2 atom stereocenters. The first-order valence-electron chi connectivity index (χ1n) is 11.8. The van der Waals surface area contributed by atoms with Gasteiger partial charge in [0.15, 0.2) is 5.60 Å². The highest BCUT2D eigenvalue weighted by atomic mass is 19.4. The number of aryl methyl sites for hydroxylation is 1. The van der Waals surface area contributed by atoms with Gasteiger partial charge in [0.25, 0.3) is 5.91 Å². The minimum Gasteiger partial charge on any atom is -0.395 e. The molecule has 2 aliphatic heterocycles. The van der Waals surface area contributed by atoms with Crippen LogP contribution in [0.4, 0.5) is 18.9 Å². The summed E-state index contributed by atoms with van der Waals surface area (Å²) in [5.74, 6) is -0.418. The van der Waals surface area contributed by atoms with Gasteiger partial charge < -0.3 is 25.2 Å². The van der Waals surface area contributed by atoms with Crippen LogP contribution in [0.25, 0.3) is 0 Å². The Morgan fingerprint density at radius 2 is 2.05 bits per heavy atom. The largest absolute Gasteiger partial charge is 0.416 e. The minimum absolute atomic E-state index is 0.0708. The van der Waals surface area contributed by atoms with Crippen LogP contribution in [0.1, 0.15) is 40.0 Å². The number of aromatic nitrogens is 1. The number of amides is 1. The van der Waals surface area contributed by atoms with Crippen molar-refractivity contribution in [1.29, 1.82) is 0 Å². The van der Waals surface area contributed by atoms with E-state index in [2.05, 4.69) is 15.6 Å². The third-order valence-electron chi connectivity index (χ3n) is 6.69. The van der Waals surface area contributed by atoms with Gasteiger partial charge in [0, 0.05) is 36.7 Å². The van der Waals surface area contributed by atoms with Gasteiger partial charge in [-0.3, -0.25) is 9.78 Å². The van der Waals surface area contributed by atoms with E-state index >= 15 is 0 Å². The van der Waals surface area contributed by atoms with Crippen molar-refractivity contribution in [1.82, 2.24) is 10.3 Å². The van der Waals surface area contributed by atoms with Gasteiger partial charge in [-0.1, -0.05) is 13.0 Å². The van der Waals surface area contributed by atoms with Gasteiger partial charge >= 0.3 is 6.18 Å². The number of anilines is 1. The lowest BCUT2D eigenvalue weighted by molar-refractivity contribution is -0.155. The molecule has 0 radical (unpaired) electrons. The number of carbonyl (C=O) groups excluding carboxylic acids is 1. The Hall–Kier alpha value is -3.28. The number of aliphatic hydroxyl groups excluding tert-OH is 1. The van der Waals surface area contributed by atoms with Crippen molar-refractivity contribution in [2.45, 2.75) is 31.5 Å². The maximum absolute atomic E-state index is 13.1. The second-order valence-electron chi connectivity index (χ2n) is 9.14. The highest BCUT2D eigenvalue weighted by Crippen LogP contribution is 2.40. The number of methoxy groups -OCH3 is 1. The topological polar surface area (TPSA) is 105 Å². The lowest BCUT2D eigenvalue weighted by Gasteiger charge is -2.45. The van der Waals surface area contributed by atoms with Crippen LogP contribution in [0.15, 0.2) is 53.4 Å². The first kappa shape index (κ1) is 26.8. The molecule has 37 heavy (non-hydrogen) atoms. The van der Waals surface area contributed by atoms with Crippen molar-refractivity contribution < 1.29 is 32.5 Å². The molecule has 1 aromatic carbocycles. The Balaban J connectivity index is 1.64. The molecule has 0 aliphatic carbocycles. The van der Waals surface area contributed by atoms with Crippen molar-refractivity contribution >= 4 is 17.3 Å². The fraction of sp³-hybridized carbons (Fsp3) is 0.423. The lowest BCUT2D eigenvalue weighted by atomic mass is 9.75. The van der Waals surface area contributed by atoms with E-state index in [0.717, 1.165) is 29.1 Å². The molecule has 0 saturated carbocycles. The molecule has 1 aromatic heterocycles. The van der Waals surface area contributed by atoms with Crippen LogP contribution in [0.5, 0.6) is 0 Å². The SMILES string of the molecule is COC1(C2=NC(NCCO)=CC(c3cc(NC(=O)c4cccc(C(F)(F)F)c4)cnc3C)C2C)COC1. The smallest absolute Gasteiger partial charge is 0.395 e. The van der Waals surface area contributed by atoms with Crippen LogP contribution < -0.4 is 10.6 Å². The Morgan fingerprint density at radius 1 is 1.30 bits per heavy atom. The fourth-order valence-electron chi connectivity index (χ4n) is 4.57. The molecule has 2 aliphatic rings. The van der Waals surface area contributed by atoms with E-state index in [9.17, 15) is 23.1 Å². The zero-order valence-corrected chi connectivity index (χ0v) is 20.7. The number of alkyl halides is 3. The Kier molecular flexibility index (Phi) is 7.67. The molecule has 198 valence electrons. The number of ether oxygens (including phenoxy) is 2. The summed E-state index contributed by atoms with van der Waals surface area (Å²) in [7, 11) is 1.61. The predicted octanol–water partition coefficient (Wildman–Crippen LogP) is 3.67. The first-order valence-corrected chi connectivity index (χ1v) is 11.8. The number of hydrogen-bond acceptors (Lipinski definition) is 7. The average Bonchev–Trinajstić information content (AvgIpc) is 2.84. The van der Waals surface area contributed by atoms with Gasteiger partial charge in [-0.25, -0.2) is 4.99 Å². The average molecular weight is 519 g/mol. The fourth-order valence-corrected chi connectivity index (χ4v) is 4.57. The molecule has 1 amide bonds. The third-order valence-corrected chi connectivity index (χ3v) is 6.69. The number of allylic oxidation sites excluding steroid dienone is 1. The van der Waals surface area contributed by atoms with Gasteiger partial charge in [-0.2, -0.15) is 13.2 Å². The summed E-state index contributed by atoms with van der Waals surface area (Å²) >= 11 is 0. The molecular formula is C26H29F3N4O4. The van der Waals surface area contributed by atoms with Gasteiger partial charge in [0.05, 0.1) is 43.0 Å². The van der Waals surface area contributed by atoms with Crippen molar-refractivity contribution in [2.75, 3.05) is 38.8 Å². The van der Waals surface area contributed by atoms with Gasteiger partial charge in [-0.05, 0) is 42.8 Å². The van der Waals surface area contributed by atoms with Crippen LogP contribution in [-0.2, 0) is 15.7 Å². The molecule has 2 unspecified atom stereocenters. The van der Waals surface area contributed by atoms with E-state index in [1.807, 2.05) is 19.9 Å². The molecule has 3 N–H and O–H groups in total. The van der Waals surface area contributed by atoms with E-state index in [1.54, 1.807) is 13.2 Å². The third kappa shape index (κ3) is 5.53. The Labute approximate surface area is 212 Å². The number of aliphatic hydroxyl groups is 1. The number of benzene rings is 1. The molecule has 8 nitrogen and oxygen atoms in total. The molecule has 4 rings (SSSR count). The molecule has 11 heteroatoms. The molecular weight excluding hydrogens is 489 g/mol. The van der Waals surface area contributed by atoms with Crippen molar-refractivity contribution in [2.24, 2.45) is 10.9 Å². The van der Waals surface area contributed by atoms with Crippen molar-refractivity contribution in [3.63, 3.8) is 0 Å².